The van der Waals surface area contributed by atoms with Gasteiger partial charge in [-0.2, -0.15) is 0 Å². The summed E-state index contributed by atoms with van der Waals surface area (Å²) in [5.74, 6) is 0. The fourth-order valence-corrected chi connectivity index (χ4v) is 2.46. The minimum atomic E-state index is 0. The van der Waals surface area contributed by atoms with Gasteiger partial charge in [0.15, 0.2) is 0 Å². The van der Waals surface area contributed by atoms with Gasteiger partial charge in [0.2, 0.25) is 0 Å². The van der Waals surface area contributed by atoms with E-state index >= 15 is 0 Å². The monoisotopic (exact) mass is 285 g/mol. The van der Waals surface area contributed by atoms with Crippen molar-refractivity contribution in [2.24, 2.45) is 0 Å². The highest BCUT2D eigenvalue weighted by Crippen LogP contribution is 2.13. The summed E-state index contributed by atoms with van der Waals surface area (Å²) in [5, 5.41) is 0.960. The lowest BCUT2D eigenvalue weighted by Crippen LogP contribution is -2.29. The number of nitrogens with zero attached hydrogens (tertiary/aromatic N) is 1. The number of piperidine rings is 1. The van der Waals surface area contributed by atoms with Crippen LogP contribution in [0.1, 0.15) is 24.8 Å². The van der Waals surface area contributed by atoms with Gasteiger partial charge in [0.25, 0.3) is 0 Å². The van der Waals surface area contributed by atoms with E-state index in [9.17, 15) is 0 Å². The van der Waals surface area contributed by atoms with E-state index in [1.165, 1.54) is 37.9 Å². The Bertz CT molecular complexity index is 356. The maximum Gasteiger partial charge on any atom is 0.0197 e. The van der Waals surface area contributed by atoms with E-state index in [-0.39, 0.29) is 12.4 Å². The number of hydrogen-bond donors (Lipinski definition) is 0. The van der Waals surface area contributed by atoms with Crippen LogP contribution in [-0.4, -0.2) is 24.5 Å². The van der Waals surface area contributed by atoms with Gasteiger partial charge in [-0.05, 0) is 31.5 Å². The lowest BCUT2D eigenvalue weighted by Gasteiger charge is -2.25. The van der Waals surface area contributed by atoms with Gasteiger partial charge in [0.1, 0.15) is 0 Å². The van der Waals surface area contributed by atoms with Crippen molar-refractivity contribution in [1.29, 1.82) is 0 Å². The molecule has 1 heterocycles. The summed E-state index contributed by atoms with van der Waals surface area (Å²) in [6.45, 7) is 3.46. The zero-order chi connectivity index (χ0) is 11.9. The second-order valence-corrected chi connectivity index (χ2v) is 5.16. The van der Waals surface area contributed by atoms with Crippen LogP contribution in [0.25, 0.3) is 0 Å². The smallest absolute Gasteiger partial charge is 0.0197 e. The average molecular weight is 286 g/mol. The first-order chi connectivity index (χ1) is 8.34. The van der Waals surface area contributed by atoms with Crippen LogP contribution in [-0.2, 0) is 6.42 Å². The molecule has 2 rings (SSSR count). The number of hydrogen-bond acceptors (Lipinski definition) is 1. The number of allylic oxidation sites excluding steroid dienone is 1. The highest BCUT2D eigenvalue weighted by molar-refractivity contribution is 6.29. The molecule has 0 aromatic heterocycles. The summed E-state index contributed by atoms with van der Waals surface area (Å²) >= 11 is 6.27. The first-order valence-corrected chi connectivity index (χ1v) is 6.83. The van der Waals surface area contributed by atoms with Gasteiger partial charge >= 0.3 is 0 Å². The molecule has 1 aromatic carbocycles. The molecule has 18 heavy (non-hydrogen) atoms. The molecule has 0 atom stereocenters. The molecule has 0 aliphatic carbocycles. The van der Waals surface area contributed by atoms with E-state index in [1.807, 2.05) is 6.07 Å². The molecule has 0 amide bonds. The second-order valence-electron chi connectivity index (χ2n) is 4.67. The molecule has 0 N–H and O–H groups in total. The fourth-order valence-electron chi connectivity index (χ4n) is 2.23. The summed E-state index contributed by atoms with van der Waals surface area (Å²) in [6, 6.07) is 10.4. The molecule has 0 bridgehead atoms. The summed E-state index contributed by atoms with van der Waals surface area (Å²) in [4.78, 5) is 2.48. The van der Waals surface area contributed by atoms with Crippen LogP contribution in [0.5, 0.6) is 0 Å². The first kappa shape index (κ1) is 15.6. The Hall–Kier alpha value is -0.500. The van der Waals surface area contributed by atoms with Gasteiger partial charge in [0, 0.05) is 18.0 Å². The molecule has 0 unspecified atom stereocenters. The van der Waals surface area contributed by atoms with Crippen LogP contribution in [0, 0.1) is 0 Å². The van der Waals surface area contributed by atoms with Gasteiger partial charge in [-0.15, -0.1) is 12.4 Å². The van der Waals surface area contributed by atoms with Crippen LogP contribution in [0.4, 0.5) is 0 Å². The largest absolute Gasteiger partial charge is 0.300 e. The Morgan fingerprint density at radius 2 is 1.78 bits per heavy atom. The molecule has 100 valence electrons. The lowest BCUT2D eigenvalue weighted by atomic mass is 10.1. The molecule has 0 saturated carbocycles. The summed E-state index contributed by atoms with van der Waals surface area (Å²) < 4.78 is 0. The summed E-state index contributed by atoms with van der Waals surface area (Å²) in [7, 11) is 0. The van der Waals surface area contributed by atoms with Crippen LogP contribution in [0.3, 0.4) is 0 Å². The number of halogens is 2. The molecule has 0 radical (unpaired) electrons. The topological polar surface area (TPSA) is 3.24 Å². The molecule has 3 heteroatoms. The number of benzene rings is 1. The molecular formula is C15H21Cl2N. The van der Waals surface area contributed by atoms with E-state index < -0.39 is 0 Å². The molecular weight excluding hydrogens is 265 g/mol. The minimum absolute atomic E-state index is 0. The van der Waals surface area contributed by atoms with Crippen molar-refractivity contribution in [2.45, 2.75) is 25.7 Å². The van der Waals surface area contributed by atoms with E-state index in [2.05, 4.69) is 35.2 Å². The van der Waals surface area contributed by atoms with E-state index in [1.54, 1.807) is 0 Å². The van der Waals surface area contributed by atoms with Crippen molar-refractivity contribution >= 4 is 24.0 Å². The highest BCUT2D eigenvalue weighted by atomic mass is 35.5. The average Bonchev–Trinajstić information content (AvgIpc) is 2.39. The maximum atomic E-state index is 6.27. The SMILES string of the molecule is Cl.Cl/C(=C\CN1CCCCC1)Cc1ccccc1. The number of rotatable bonds is 4. The molecule has 1 aromatic rings. The van der Waals surface area contributed by atoms with Crippen molar-refractivity contribution in [3.05, 3.63) is 47.0 Å². The fraction of sp³-hybridized carbons (Fsp3) is 0.467. The zero-order valence-corrected chi connectivity index (χ0v) is 12.2. The van der Waals surface area contributed by atoms with Crippen LogP contribution < -0.4 is 0 Å². The first-order valence-electron chi connectivity index (χ1n) is 6.45. The quantitative estimate of drug-likeness (QED) is 0.799. The van der Waals surface area contributed by atoms with Crippen LogP contribution in [0.15, 0.2) is 41.4 Å². The standard InChI is InChI=1S/C15H20ClN.ClH/c16-15(13-14-7-3-1-4-8-14)9-12-17-10-5-2-6-11-17;/h1,3-4,7-9H,2,5-6,10-13H2;1H/b15-9-;. The Labute approximate surface area is 121 Å². The Balaban J connectivity index is 0.00000162. The Kier molecular flexibility index (Phi) is 7.41. The third-order valence-corrected chi connectivity index (χ3v) is 3.52. The van der Waals surface area contributed by atoms with Gasteiger partial charge < -0.3 is 0 Å². The summed E-state index contributed by atoms with van der Waals surface area (Å²) in [5.41, 5.74) is 1.28. The van der Waals surface area contributed by atoms with E-state index in [0.29, 0.717) is 0 Å². The van der Waals surface area contributed by atoms with Crippen molar-refractivity contribution in [3.8, 4) is 0 Å². The van der Waals surface area contributed by atoms with Crippen molar-refractivity contribution in [1.82, 2.24) is 4.90 Å². The van der Waals surface area contributed by atoms with E-state index in [0.717, 1.165) is 18.0 Å². The Morgan fingerprint density at radius 1 is 1.11 bits per heavy atom. The van der Waals surface area contributed by atoms with Crippen molar-refractivity contribution in [2.75, 3.05) is 19.6 Å². The third kappa shape index (κ3) is 5.43. The number of likely N-dealkylation sites (tertiary alicyclic amines) is 1. The summed E-state index contributed by atoms with van der Waals surface area (Å²) in [6.07, 6.45) is 7.09. The van der Waals surface area contributed by atoms with Gasteiger partial charge in [-0.25, -0.2) is 0 Å². The lowest BCUT2D eigenvalue weighted by molar-refractivity contribution is 0.251. The molecule has 0 spiro atoms. The van der Waals surface area contributed by atoms with Gasteiger partial charge in [-0.1, -0.05) is 54.4 Å². The van der Waals surface area contributed by atoms with Crippen molar-refractivity contribution in [3.63, 3.8) is 0 Å². The third-order valence-electron chi connectivity index (χ3n) is 3.24. The maximum absolute atomic E-state index is 6.27. The second kappa shape index (κ2) is 8.58. The molecule has 1 nitrogen and oxygen atoms in total. The molecule has 1 aliphatic heterocycles. The normalized spacial score (nSPS) is 17.3. The molecule has 1 aliphatic rings. The van der Waals surface area contributed by atoms with Crippen molar-refractivity contribution < 1.29 is 0 Å². The van der Waals surface area contributed by atoms with Gasteiger partial charge in [-0.3, -0.25) is 4.90 Å². The van der Waals surface area contributed by atoms with Gasteiger partial charge in [0.05, 0.1) is 0 Å². The molecule has 1 saturated heterocycles. The minimum Gasteiger partial charge on any atom is -0.300 e. The predicted octanol–water partition coefficient (Wildman–Crippen LogP) is 4.26. The zero-order valence-electron chi connectivity index (χ0n) is 10.6. The molecule has 1 fully saturated rings. The van der Waals surface area contributed by atoms with Crippen LogP contribution in [0.2, 0.25) is 0 Å². The van der Waals surface area contributed by atoms with E-state index in [4.69, 9.17) is 11.6 Å². The highest BCUT2D eigenvalue weighted by Gasteiger charge is 2.08. The predicted molar refractivity (Wildman–Crippen MR) is 81.6 cm³/mol. The van der Waals surface area contributed by atoms with Crippen LogP contribution >= 0.6 is 24.0 Å². The Morgan fingerprint density at radius 3 is 2.44 bits per heavy atom.